The summed E-state index contributed by atoms with van der Waals surface area (Å²) in [6.45, 7) is 2.25. The van der Waals surface area contributed by atoms with Crippen molar-refractivity contribution in [3.8, 4) is 0 Å². The van der Waals surface area contributed by atoms with Gasteiger partial charge in [0.2, 0.25) is 0 Å². The molecule has 1 aromatic heterocycles. The molecule has 0 amide bonds. The molecule has 30 heavy (non-hydrogen) atoms. The molecule has 2 aromatic rings. The standard InChI is InChI=1S/C22H23ClFN3O2S/c1-12-3-5-13(6-4-12)18-17(22(28)29-2)19(15-8-7-14(24)11-16(15)23)27-20(26-18)21-25-9-10-30-21/h7-13,19H,3-6H2,1-2H3,(H,26,27). The van der Waals surface area contributed by atoms with Crippen LogP contribution in [0.2, 0.25) is 5.02 Å². The maximum Gasteiger partial charge on any atom is 0.338 e. The Labute approximate surface area is 184 Å². The second-order valence-corrected chi connectivity index (χ2v) is 9.09. The SMILES string of the molecule is COC(=O)C1=C(C2CCC(C)CC2)NC(c2nccs2)=NC1c1ccc(F)cc1Cl. The molecule has 1 atom stereocenters. The number of aliphatic imine (C=N–C) groups is 1. The molecule has 158 valence electrons. The molecule has 1 fully saturated rings. The van der Waals surface area contributed by atoms with Crippen LogP contribution in [0.4, 0.5) is 4.39 Å². The Bertz CT molecular complexity index is 998. The van der Waals surface area contributed by atoms with Crippen molar-refractivity contribution in [1.29, 1.82) is 0 Å². The molecule has 0 saturated heterocycles. The number of ether oxygens (including phenoxy) is 1. The van der Waals surface area contributed by atoms with Gasteiger partial charge in [-0.3, -0.25) is 4.99 Å². The fourth-order valence-corrected chi connectivity index (χ4v) is 5.03. The van der Waals surface area contributed by atoms with Crippen molar-refractivity contribution in [2.45, 2.75) is 38.6 Å². The second-order valence-electron chi connectivity index (χ2n) is 7.78. The van der Waals surface area contributed by atoms with Gasteiger partial charge in [-0.2, -0.15) is 0 Å². The summed E-state index contributed by atoms with van der Waals surface area (Å²) >= 11 is 7.85. The number of nitrogens with zero attached hydrogens (tertiary/aromatic N) is 2. The van der Waals surface area contributed by atoms with Crippen molar-refractivity contribution in [1.82, 2.24) is 10.3 Å². The molecule has 1 aliphatic heterocycles. The molecule has 2 aliphatic rings. The fourth-order valence-electron chi connectivity index (χ4n) is 4.17. The van der Waals surface area contributed by atoms with Crippen molar-refractivity contribution in [3.05, 3.63) is 62.5 Å². The van der Waals surface area contributed by atoms with E-state index < -0.39 is 17.8 Å². The van der Waals surface area contributed by atoms with Crippen LogP contribution in [-0.4, -0.2) is 23.9 Å². The van der Waals surface area contributed by atoms with Crippen molar-refractivity contribution in [2.24, 2.45) is 16.8 Å². The van der Waals surface area contributed by atoms with Crippen LogP contribution in [0.15, 0.2) is 46.0 Å². The minimum Gasteiger partial charge on any atom is -0.466 e. The Morgan fingerprint density at radius 2 is 2.07 bits per heavy atom. The van der Waals surface area contributed by atoms with Crippen molar-refractivity contribution >= 4 is 34.7 Å². The van der Waals surface area contributed by atoms with Crippen LogP contribution in [0, 0.1) is 17.7 Å². The average Bonchev–Trinajstić information content (AvgIpc) is 3.28. The maximum absolute atomic E-state index is 13.7. The number of aromatic nitrogens is 1. The highest BCUT2D eigenvalue weighted by Crippen LogP contribution is 2.41. The Kier molecular flexibility index (Phi) is 6.20. The van der Waals surface area contributed by atoms with E-state index in [-0.39, 0.29) is 10.9 Å². The monoisotopic (exact) mass is 447 g/mol. The lowest BCUT2D eigenvalue weighted by Gasteiger charge is -2.34. The molecule has 1 saturated carbocycles. The Morgan fingerprint density at radius 3 is 2.70 bits per heavy atom. The number of hydrogen-bond donors (Lipinski definition) is 1. The van der Waals surface area contributed by atoms with Crippen LogP contribution in [0.3, 0.4) is 0 Å². The van der Waals surface area contributed by atoms with Crippen molar-refractivity contribution < 1.29 is 13.9 Å². The van der Waals surface area contributed by atoms with Gasteiger partial charge >= 0.3 is 5.97 Å². The molecule has 4 rings (SSSR count). The van der Waals surface area contributed by atoms with Gasteiger partial charge in [0, 0.05) is 27.9 Å². The molecule has 0 bridgehead atoms. The summed E-state index contributed by atoms with van der Waals surface area (Å²) in [5, 5.41) is 6.22. The van der Waals surface area contributed by atoms with Gasteiger partial charge in [-0.25, -0.2) is 14.2 Å². The predicted molar refractivity (Wildman–Crippen MR) is 116 cm³/mol. The van der Waals surface area contributed by atoms with Gasteiger partial charge in [0.1, 0.15) is 11.9 Å². The van der Waals surface area contributed by atoms with E-state index in [1.165, 1.54) is 30.6 Å². The minimum atomic E-state index is -0.694. The molecule has 1 N–H and O–H groups in total. The number of nitrogens with one attached hydrogen (secondary N) is 1. The first kappa shape index (κ1) is 21.0. The summed E-state index contributed by atoms with van der Waals surface area (Å²) in [7, 11) is 1.36. The Hall–Kier alpha value is -2.25. The Balaban J connectivity index is 1.86. The highest BCUT2D eigenvalue weighted by molar-refractivity contribution is 7.11. The molecule has 2 heterocycles. The topological polar surface area (TPSA) is 63.6 Å². The lowest BCUT2D eigenvalue weighted by molar-refractivity contribution is -0.136. The van der Waals surface area contributed by atoms with Crippen LogP contribution in [0.5, 0.6) is 0 Å². The normalized spacial score (nSPS) is 24.3. The van der Waals surface area contributed by atoms with Gasteiger partial charge in [-0.15, -0.1) is 11.3 Å². The summed E-state index contributed by atoms with van der Waals surface area (Å²) in [5.41, 5.74) is 1.82. The predicted octanol–water partition coefficient (Wildman–Crippen LogP) is 5.28. The van der Waals surface area contributed by atoms with E-state index in [9.17, 15) is 9.18 Å². The number of halogens is 2. The molecule has 1 aromatic carbocycles. The van der Waals surface area contributed by atoms with E-state index in [1.807, 2.05) is 5.38 Å². The zero-order valence-corrected chi connectivity index (χ0v) is 18.4. The summed E-state index contributed by atoms with van der Waals surface area (Å²) in [4.78, 5) is 22.1. The van der Waals surface area contributed by atoms with E-state index >= 15 is 0 Å². The first-order valence-electron chi connectivity index (χ1n) is 10.00. The lowest BCUT2D eigenvalue weighted by Crippen LogP contribution is -2.37. The van der Waals surface area contributed by atoms with Crippen LogP contribution in [0.1, 0.15) is 49.2 Å². The van der Waals surface area contributed by atoms with E-state index in [1.54, 1.807) is 12.3 Å². The van der Waals surface area contributed by atoms with Crippen molar-refractivity contribution in [2.75, 3.05) is 7.11 Å². The molecule has 0 spiro atoms. The molecular weight excluding hydrogens is 425 g/mol. The van der Waals surface area contributed by atoms with Gasteiger partial charge in [0.05, 0.1) is 12.7 Å². The number of benzene rings is 1. The summed E-state index contributed by atoms with van der Waals surface area (Å²) < 4.78 is 18.8. The van der Waals surface area contributed by atoms with E-state index in [4.69, 9.17) is 21.3 Å². The lowest BCUT2D eigenvalue weighted by atomic mass is 9.78. The first-order chi connectivity index (χ1) is 14.5. The zero-order chi connectivity index (χ0) is 21.3. The Morgan fingerprint density at radius 1 is 1.30 bits per heavy atom. The van der Waals surface area contributed by atoms with Crippen LogP contribution >= 0.6 is 22.9 Å². The van der Waals surface area contributed by atoms with Crippen LogP contribution < -0.4 is 5.32 Å². The van der Waals surface area contributed by atoms with Crippen LogP contribution in [-0.2, 0) is 9.53 Å². The van der Waals surface area contributed by atoms with Crippen LogP contribution in [0.25, 0.3) is 0 Å². The number of allylic oxidation sites excluding steroid dienone is 1. The van der Waals surface area contributed by atoms with Gasteiger partial charge in [-0.1, -0.05) is 37.4 Å². The molecule has 0 radical (unpaired) electrons. The third-order valence-corrected chi connectivity index (χ3v) is 6.90. The highest BCUT2D eigenvalue weighted by Gasteiger charge is 2.37. The van der Waals surface area contributed by atoms with E-state index in [0.717, 1.165) is 36.4 Å². The first-order valence-corrected chi connectivity index (χ1v) is 11.3. The fraction of sp³-hybridized carbons (Fsp3) is 0.409. The summed E-state index contributed by atoms with van der Waals surface area (Å²) in [6, 6.07) is 3.47. The van der Waals surface area contributed by atoms with E-state index in [0.29, 0.717) is 22.9 Å². The third-order valence-electron chi connectivity index (χ3n) is 5.80. The smallest absolute Gasteiger partial charge is 0.338 e. The summed E-state index contributed by atoms with van der Waals surface area (Å²) in [6.07, 6.45) is 5.84. The van der Waals surface area contributed by atoms with Crippen molar-refractivity contribution in [3.63, 3.8) is 0 Å². The number of methoxy groups -OCH3 is 1. The molecule has 8 heteroatoms. The van der Waals surface area contributed by atoms with Gasteiger partial charge in [-0.05, 0) is 36.8 Å². The van der Waals surface area contributed by atoms with Gasteiger partial charge in [0.15, 0.2) is 10.8 Å². The minimum absolute atomic E-state index is 0.183. The highest BCUT2D eigenvalue weighted by atomic mass is 35.5. The van der Waals surface area contributed by atoms with Gasteiger partial charge < -0.3 is 10.1 Å². The molecule has 5 nitrogen and oxygen atoms in total. The quantitative estimate of drug-likeness (QED) is 0.647. The number of amidine groups is 1. The number of rotatable bonds is 4. The average molecular weight is 448 g/mol. The summed E-state index contributed by atoms with van der Waals surface area (Å²) in [5.74, 6) is 0.552. The zero-order valence-electron chi connectivity index (χ0n) is 16.8. The molecular formula is C22H23ClFN3O2S. The number of carbonyl (C=O) groups excluding carboxylic acids is 1. The molecule has 1 unspecified atom stereocenters. The largest absolute Gasteiger partial charge is 0.466 e. The van der Waals surface area contributed by atoms with Gasteiger partial charge in [0.25, 0.3) is 0 Å². The van der Waals surface area contributed by atoms with E-state index in [2.05, 4.69) is 17.2 Å². The molecule has 1 aliphatic carbocycles. The number of hydrogen-bond acceptors (Lipinski definition) is 6. The number of thiazole rings is 1. The maximum atomic E-state index is 13.7. The number of esters is 1. The third kappa shape index (κ3) is 4.14. The number of carbonyl (C=O) groups is 1. The second kappa shape index (κ2) is 8.86.